The van der Waals surface area contributed by atoms with E-state index in [1.807, 2.05) is 13.0 Å². The number of aromatic nitrogens is 2. The molecule has 0 saturated carbocycles. The van der Waals surface area contributed by atoms with Gasteiger partial charge in [-0.05, 0) is 6.92 Å². The van der Waals surface area contributed by atoms with Crippen LogP contribution in [-0.4, -0.2) is 16.7 Å². The number of ether oxygens (including phenoxy) is 1. The average molecular weight is 181 g/mol. The minimum Gasteiger partial charge on any atom is -0.374 e. The molecule has 0 atom stereocenters. The molecular weight excluding hydrogens is 170 g/mol. The molecule has 0 saturated heterocycles. The van der Waals surface area contributed by atoms with E-state index < -0.39 is 0 Å². The maximum Gasteiger partial charge on any atom is 0.227 e. The summed E-state index contributed by atoms with van der Waals surface area (Å²) in [6, 6.07) is 2.01. The molecule has 0 aliphatic carbocycles. The number of hydrogen-bond donors (Lipinski definition) is 0. The van der Waals surface area contributed by atoms with Crippen molar-refractivity contribution < 1.29 is 9.26 Å². The minimum atomic E-state index is 0.368. The van der Waals surface area contributed by atoms with E-state index in [0.717, 1.165) is 0 Å². The molecule has 0 aromatic carbocycles. The molecule has 5 heteroatoms. The first-order valence-electron chi connectivity index (χ1n) is 4.13. The molecule has 0 radical (unpaired) electrons. The van der Waals surface area contributed by atoms with Gasteiger partial charge < -0.3 is 9.26 Å². The molecule has 70 valence electrons. The largest absolute Gasteiger partial charge is 0.374 e. The maximum absolute atomic E-state index is 8.31. The molecule has 0 amide bonds. The SMILES string of the molecule is CCOCc1noc(CCC#N)n1. The standard InChI is InChI=1S/C8H11N3O2/c1-2-12-6-7-10-8(13-11-7)4-3-5-9/h2-4,6H2,1H3. The van der Waals surface area contributed by atoms with Crippen molar-refractivity contribution in [2.45, 2.75) is 26.4 Å². The molecule has 0 bridgehead atoms. The molecule has 1 heterocycles. The summed E-state index contributed by atoms with van der Waals surface area (Å²) in [7, 11) is 0. The lowest BCUT2D eigenvalue weighted by Gasteiger charge is -1.91. The quantitative estimate of drug-likeness (QED) is 0.679. The zero-order chi connectivity index (χ0) is 9.52. The Balaban J connectivity index is 2.40. The van der Waals surface area contributed by atoms with Crippen LogP contribution in [0.5, 0.6) is 0 Å². The number of aryl methyl sites for hydroxylation is 1. The van der Waals surface area contributed by atoms with Gasteiger partial charge in [-0.1, -0.05) is 5.16 Å². The first-order chi connectivity index (χ1) is 6.36. The molecule has 1 aromatic rings. The van der Waals surface area contributed by atoms with Crippen molar-refractivity contribution in [1.29, 1.82) is 5.26 Å². The van der Waals surface area contributed by atoms with Crippen molar-refractivity contribution in [3.8, 4) is 6.07 Å². The van der Waals surface area contributed by atoms with Crippen LogP contribution in [0, 0.1) is 11.3 Å². The van der Waals surface area contributed by atoms with Gasteiger partial charge in [-0.2, -0.15) is 10.2 Å². The lowest BCUT2D eigenvalue weighted by atomic mass is 10.3. The number of hydrogen-bond acceptors (Lipinski definition) is 5. The zero-order valence-electron chi connectivity index (χ0n) is 7.49. The topological polar surface area (TPSA) is 71.9 Å². The van der Waals surface area contributed by atoms with E-state index in [4.69, 9.17) is 14.5 Å². The fourth-order valence-corrected chi connectivity index (χ4v) is 0.806. The molecule has 13 heavy (non-hydrogen) atoms. The van der Waals surface area contributed by atoms with Gasteiger partial charge in [-0.15, -0.1) is 0 Å². The second kappa shape index (κ2) is 5.27. The van der Waals surface area contributed by atoms with Crippen LogP contribution in [0.3, 0.4) is 0 Å². The van der Waals surface area contributed by atoms with Crippen molar-refractivity contribution in [3.05, 3.63) is 11.7 Å². The van der Waals surface area contributed by atoms with Crippen LogP contribution in [0.4, 0.5) is 0 Å². The summed E-state index contributed by atoms with van der Waals surface area (Å²) >= 11 is 0. The minimum absolute atomic E-state index is 0.368. The lowest BCUT2D eigenvalue weighted by molar-refractivity contribution is 0.126. The Bertz CT molecular complexity index is 290. The van der Waals surface area contributed by atoms with Gasteiger partial charge in [0.25, 0.3) is 0 Å². The Morgan fingerprint density at radius 2 is 2.46 bits per heavy atom. The molecule has 0 spiro atoms. The van der Waals surface area contributed by atoms with Gasteiger partial charge in [0.1, 0.15) is 6.61 Å². The van der Waals surface area contributed by atoms with Gasteiger partial charge in [0.05, 0.1) is 6.07 Å². The summed E-state index contributed by atoms with van der Waals surface area (Å²) in [4.78, 5) is 4.03. The van der Waals surface area contributed by atoms with Crippen LogP contribution in [0.1, 0.15) is 25.1 Å². The summed E-state index contributed by atoms with van der Waals surface area (Å²) < 4.78 is 9.96. The molecule has 5 nitrogen and oxygen atoms in total. The van der Waals surface area contributed by atoms with E-state index in [9.17, 15) is 0 Å². The van der Waals surface area contributed by atoms with Gasteiger partial charge in [0.15, 0.2) is 5.82 Å². The Kier molecular flexibility index (Phi) is 3.93. The van der Waals surface area contributed by atoms with Crippen LogP contribution < -0.4 is 0 Å². The van der Waals surface area contributed by atoms with Crippen molar-refractivity contribution >= 4 is 0 Å². The Morgan fingerprint density at radius 1 is 1.62 bits per heavy atom. The van der Waals surface area contributed by atoms with Gasteiger partial charge in [-0.25, -0.2) is 0 Å². The second-order valence-electron chi connectivity index (χ2n) is 2.40. The van der Waals surface area contributed by atoms with E-state index in [1.54, 1.807) is 0 Å². The molecule has 0 aliphatic rings. The summed E-state index contributed by atoms with van der Waals surface area (Å²) in [5.74, 6) is 1.03. The maximum atomic E-state index is 8.31. The molecule has 1 aromatic heterocycles. The zero-order valence-corrected chi connectivity index (χ0v) is 7.49. The number of nitrogens with zero attached hydrogens (tertiary/aromatic N) is 3. The fourth-order valence-electron chi connectivity index (χ4n) is 0.806. The summed E-state index contributed by atoms with van der Waals surface area (Å²) in [5, 5.41) is 12.0. The van der Waals surface area contributed by atoms with Crippen LogP contribution >= 0.6 is 0 Å². The highest BCUT2D eigenvalue weighted by molar-refractivity contribution is 4.87. The lowest BCUT2D eigenvalue weighted by Crippen LogP contribution is -1.94. The van der Waals surface area contributed by atoms with Gasteiger partial charge in [-0.3, -0.25) is 0 Å². The highest BCUT2D eigenvalue weighted by Gasteiger charge is 2.04. The van der Waals surface area contributed by atoms with Gasteiger partial charge in [0.2, 0.25) is 5.89 Å². The first-order valence-corrected chi connectivity index (χ1v) is 4.13. The number of rotatable bonds is 5. The molecule has 0 fully saturated rings. The van der Waals surface area contributed by atoms with Crippen molar-refractivity contribution in [2.75, 3.05) is 6.61 Å². The third-order valence-corrected chi connectivity index (χ3v) is 1.40. The summed E-state index contributed by atoms with van der Waals surface area (Å²) in [6.07, 6.45) is 0.909. The third kappa shape index (κ3) is 3.22. The molecule has 1 rings (SSSR count). The second-order valence-corrected chi connectivity index (χ2v) is 2.40. The average Bonchev–Trinajstić information content (AvgIpc) is 2.59. The molecule has 0 aliphatic heterocycles. The summed E-state index contributed by atoms with van der Waals surface area (Å²) in [5.41, 5.74) is 0. The third-order valence-electron chi connectivity index (χ3n) is 1.40. The highest BCUT2D eigenvalue weighted by atomic mass is 16.5. The summed E-state index contributed by atoms with van der Waals surface area (Å²) in [6.45, 7) is 2.89. The first kappa shape index (κ1) is 9.68. The van der Waals surface area contributed by atoms with Crippen molar-refractivity contribution in [1.82, 2.24) is 10.1 Å². The monoisotopic (exact) mass is 181 g/mol. The van der Waals surface area contributed by atoms with E-state index in [0.29, 0.717) is 37.8 Å². The van der Waals surface area contributed by atoms with Crippen LogP contribution in [0.25, 0.3) is 0 Å². The predicted octanol–water partition coefficient (Wildman–Crippen LogP) is 1.06. The normalized spacial score (nSPS) is 9.85. The van der Waals surface area contributed by atoms with Gasteiger partial charge >= 0.3 is 0 Å². The van der Waals surface area contributed by atoms with Gasteiger partial charge in [0, 0.05) is 19.4 Å². The van der Waals surface area contributed by atoms with Crippen LogP contribution in [0.2, 0.25) is 0 Å². The van der Waals surface area contributed by atoms with E-state index in [1.165, 1.54) is 0 Å². The van der Waals surface area contributed by atoms with E-state index >= 15 is 0 Å². The van der Waals surface area contributed by atoms with E-state index in [-0.39, 0.29) is 0 Å². The number of nitriles is 1. The fraction of sp³-hybridized carbons (Fsp3) is 0.625. The highest BCUT2D eigenvalue weighted by Crippen LogP contribution is 2.01. The van der Waals surface area contributed by atoms with Crippen molar-refractivity contribution in [3.63, 3.8) is 0 Å². The molecule has 0 unspecified atom stereocenters. The van der Waals surface area contributed by atoms with E-state index in [2.05, 4.69) is 10.1 Å². The predicted molar refractivity (Wildman–Crippen MR) is 43.6 cm³/mol. The Morgan fingerprint density at radius 3 is 3.15 bits per heavy atom. The van der Waals surface area contributed by atoms with Crippen molar-refractivity contribution in [2.24, 2.45) is 0 Å². The Hall–Kier alpha value is -1.41. The smallest absolute Gasteiger partial charge is 0.227 e. The molecule has 0 N–H and O–H groups in total. The van der Waals surface area contributed by atoms with Crippen LogP contribution in [0.15, 0.2) is 4.52 Å². The van der Waals surface area contributed by atoms with Crippen LogP contribution in [-0.2, 0) is 17.8 Å². The Labute approximate surface area is 76.3 Å². The molecular formula is C8H11N3O2.